The molecule has 3 N–H and O–H groups in total. The van der Waals surface area contributed by atoms with Crippen LogP contribution in [0.4, 0.5) is 13.2 Å². The van der Waals surface area contributed by atoms with Crippen molar-refractivity contribution < 1.29 is 23.0 Å². The summed E-state index contributed by atoms with van der Waals surface area (Å²) < 4.78 is 41.4. The van der Waals surface area contributed by atoms with Crippen LogP contribution in [0.3, 0.4) is 0 Å². The first-order chi connectivity index (χ1) is 10.2. The van der Waals surface area contributed by atoms with E-state index in [1.807, 2.05) is 0 Å². The zero-order valence-electron chi connectivity index (χ0n) is 10.9. The maximum absolute atomic E-state index is 12.1. The summed E-state index contributed by atoms with van der Waals surface area (Å²) in [5.41, 5.74) is 7.05. The van der Waals surface area contributed by atoms with Gasteiger partial charge in [-0.05, 0) is 29.8 Å². The molecule has 0 fully saturated rings. The molecule has 0 radical (unpaired) electrons. The van der Waals surface area contributed by atoms with E-state index in [1.165, 1.54) is 30.3 Å². The summed E-state index contributed by atoms with van der Waals surface area (Å²) >= 11 is 6.54. The van der Waals surface area contributed by atoms with Gasteiger partial charge in [0.2, 0.25) is 0 Å². The lowest BCUT2D eigenvalue weighted by atomic mass is 9.99. The second-order valence-electron chi connectivity index (χ2n) is 4.41. The quantitative estimate of drug-likeness (QED) is 0.716. The molecule has 0 amide bonds. The Kier molecular flexibility index (Phi) is 5.03. The van der Waals surface area contributed by atoms with Crippen LogP contribution >= 0.6 is 31.9 Å². The number of halogens is 5. The SMILES string of the molecule is N[C@@H](c1ccc(OC(F)(F)F)cc1)c1c(O)cc(Br)cc1Br. The highest BCUT2D eigenvalue weighted by atomic mass is 79.9. The lowest BCUT2D eigenvalue weighted by Crippen LogP contribution is -2.17. The molecule has 118 valence electrons. The zero-order valence-corrected chi connectivity index (χ0v) is 14.0. The fourth-order valence-corrected chi connectivity index (χ4v) is 3.37. The number of aromatic hydroxyl groups is 1. The van der Waals surface area contributed by atoms with Crippen molar-refractivity contribution in [2.24, 2.45) is 5.73 Å². The molecule has 0 saturated carbocycles. The molecule has 2 aromatic rings. The minimum absolute atomic E-state index is 0.0237. The summed E-state index contributed by atoms with van der Waals surface area (Å²) in [4.78, 5) is 0. The van der Waals surface area contributed by atoms with Gasteiger partial charge >= 0.3 is 6.36 Å². The van der Waals surface area contributed by atoms with Gasteiger partial charge in [-0.3, -0.25) is 0 Å². The summed E-state index contributed by atoms with van der Waals surface area (Å²) in [6.07, 6.45) is -4.74. The highest BCUT2D eigenvalue weighted by molar-refractivity contribution is 9.11. The Labute approximate surface area is 141 Å². The van der Waals surface area contributed by atoms with Gasteiger partial charge in [0.1, 0.15) is 11.5 Å². The minimum atomic E-state index is -4.74. The zero-order chi connectivity index (χ0) is 16.5. The molecule has 22 heavy (non-hydrogen) atoms. The number of nitrogens with two attached hydrogens (primary N) is 1. The first kappa shape index (κ1) is 17.1. The molecule has 3 nitrogen and oxygen atoms in total. The van der Waals surface area contributed by atoms with Crippen LogP contribution in [0.5, 0.6) is 11.5 Å². The van der Waals surface area contributed by atoms with Crippen molar-refractivity contribution in [3.63, 3.8) is 0 Å². The Hall–Kier alpha value is -1.25. The molecular formula is C14H10Br2F3NO2. The Morgan fingerprint density at radius 2 is 1.68 bits per heavy atom. The fourth-order valence-electron chi connectivity index (χ4n) is 1.92. The van der Waals surface area contributed by atoms with Crippen LogP contribution in [0.1, 0.15) is 17.2 Å². The summed E-state index contributed by atoms with van der Waals surface area (Å²) in [5, 5.41) is 10.00. The lowest BCUT2D eigenvalue weighted by molar-refractivity contribution is -0.274. The van der Waals surface area contributed by atoms with Crippen molar-refractivity contribution in [2.45, 2.75) is 12.4 Å². The van der Waals surface area contributed by atoms with Crippen LogP contribution in [0.15, 0.2) is 45.3 Å². The van der Waals surface area contributed by atoms with Gasteiger partial charge in [-0.1, -0.05) is 44.0 Å². The number of phenols is 1. The number of phenolic OH excluding ortho intramolecular Hbond substituents is 1. The van der Waals surface area contributed by atoms with Crippen molar-refractivity contribution in [1.82, 2.24) is 0 Å². The molecule has 0 saturated heterocycles. The van der Waals surface area contributed by atoms with E-state index >= 15 is 0 Å². The maximum atomic E-state index is 12.1. The highest BCUT2D eigenvalue weighted by Gasteiger charge is 2.31. The molecule has 0 aliphatic rings. The third-order valence-corrected chi connectivity index (χ3v) is 3.97. The predicted molar refractivity (Wildman–Crippen MR) is 82.7 cm³/mol. The summed E-state index contributed by atoms with van der Waals surface area (Å²) in [6, 6.07) is 7.68. The number of rotatable bonds is 3. The van der Waals surface area contributed by atoms with Gasteiger partial charge in [0.15, 0.2) is 0 Å². The molecule has 0 heterocycles. The van der Waals surface area contributed by atoms with E-state index in [0.717, 1.165) is 0 Å². The average Bonchev–Trinajstić information content (AvgIpc) is 2.36. The van der Waals surface area contributed by atoms with Gasteiger partial charge in [-0.15, -0.1) is 13.2 Å². The second-order valence-corrected chi connectivity index (χ2v) is 6.18. The van der Waals surface area contributed by atoms with Crippen molar-refractivity contribution in [1.29, 1.82) is 0 Å². The van der Waals surface area contributed by atoms with E-state index in [1.54, 1.807) is 6.07 Å². The second kappa shape index (κ2) is 6.47. The summed E-state index contributed by atoms with van der Waals surface area (Å²) in [5.74, 6) is -0.355. The van der Waals surface area contributed by atoms with Crippen molar-refractivity contribution >= 4 is 31.9 Å². The van der Waals surface area contributed by atoms with Crippen LogP contribution in [0.25, 0.3) is 0 Å². The van der Waals surface area contributed by atoms with E-state index in [4.69, 9.17) is 5.73 Å². The fraction of sp³-hybridized carbons (Fsp3) is 0.143. The molecule has 0 aromatic heterocycles. The number of ether oxygens (including phenoxy) is 1. The van der Waals surface area contributed by atoms with Crippen LogP contribution in [-0.2, 0) is 0 Å². The van der Waals surface area contributed by atoms with E-state index in [-0.39, 0.29) is 11.5 Å². The smallest absolute Gasteiger partial charge is 0.508 e. The van der Waals surface area contributed by atoms with Crippen molar-refractivity contribution in [2.75, 3.05) is 0 Å². The third-order valence-electron chi connectivity index (χ3n) is 2.86. The maximum Gasteiger partial charge on any atom is 0.573 e. The van der Waals surface area contributed by atoms with Gasteiger partial charge in [-0.2, -0.15) is 0 Å². The highest BCUT2D eigenvalue weighted by Crippen LogP contribution is 2.37. The first-order valence-electron chi connectivity index (χ1n) is 5.96. The Morgan fingerprint density at radius 3 is 2.18 bits per heavy atom. The van der Waals surface area contributed by atoms with E-state index < -0.39 is 12.4 Å². The summed E-state index contributed by atoms with van der Waals surface area (Å²) in [6.45, 7) is 0. The van der Waals surface area contributed by atoms with Crippen LogP contribution in [0.2, 0.25) is 0 Å². The van der Waals surface area contributed by atoms with Crippen molar-refractivity contribution in [3.8, 4) is 11.5 Å². The van der Waals surface area contributed by atoms with Gasteiger partial charge in [-0.25, -0.2) is 0 Å². The van der Waals surface area contributed by atoms with Crippen molar-refractivity contribution in [3.05, 3.63) is 56.5 Å². The van der Waals surface area contributed by atoms with Gasteiger partial charge in [0, 0.05) is 14.5 Å². The van der Waals surface area contributed by atoms with Crippen LogP contribution in [0, 0.1) is 0 Å². The van der Waals surface area contributed by atoms with Gasteiger partial charge in [0.05, 0.1) is 6.04 Å². The van der Waals surface area contributed by atoms with E-state index in [9.17, 15) is 18.3 Å². The molecule has 8 heteroatoms. The summed E-state index contributed by atoms with van der Waals surface area (Å²) in [7, 11) is 0. The topological polar surface area (TPSA) is 55.5 Å². The molecule has 0 spiro atoms. The number of benzene rings is 2. The first-order valence-corrected chi connectivity index (χ1v) is 7.55. The standard InChI is InChI=1S/C14H10Br2F3NO2/c15-8-5-10(16)12(11(21)6-8)13(20)7-1-3-9(4-2-7)22-14(17,18)19/h1-6,13,21H,20H2/t13-/m0/s1. The molecule has 0 aliphatic heterocycles. The molecule has 2 aromatic carbocycles. The number of hydrogen-bond acceptors (Lipinski definition) is 3. The average molecular weight is 441 g/mol. The Balaban J connectivity index is 2.29. The van der Waals surface area contributed by atoms with Crippen LogP contribution in [-0.4, -0.2) is 11.5 Å². The van der Waals surface area contributed by atoms with Crippen LogP contribution < -0.4 is 10.5 Å². The lowest BCUT2D eigenvalue weighted by Gasteiger charge is -2.17. The normalized spacial score (nSPS) is 13.0. The van der Waals surface area contributed by atoms with E-state index in [2.05, 4.69) is 36.6 Å². The van der Waals surface area contributed by atoms with Gasteiger partial charge in [0.25, 0.3) is 0 Å². The number of alkyl halides is 3. The predicted octanol–water partition coefficient (Wildman–Crippen LogP) is 4.86. The van der Waals surface area contributed by atoms with Gasteiger partial charge < -0.3 is 15.6 Å². The molecule has 1 atom stereocenters. The molecule has 0 aliphatic carbocycles. The molecular weight excluding hydrogens is 431 g/mol. The minimum Gasteiger partial charge on any atom is -0.508 e. The van der Waals surface area contributed by atoms with E-state index in [0.29, 0.717) is 20.1 Å². The monoisotopic (exact) mass is 439 g/mol. The Morgan fingerprint density at radius 1 is 1.09 bits per heavy atom. The third kappa shape index (κ3) is 4.15. The number of hydrogen-bond donors (Lipinski definition) is 2. The molecule has 0 unspecified atom stereocenters. The molecule has 0 bridgehead atoms. The Bertz CT molecular complexity index is 652. The largest absolute Gasteiger partial charge is 0.573 e. The molecule has 2 rings (SSSR count).